The molecule has 2 aromatic rings. The zero-order chi connectivity index (χ0) is 14.8. The predicted molar refractivity (Wildman–Crippen MR) is 97.4 cm³/mol. The van der Waals surface area contributed by atoms with Crippen LogP contribution in [0.4, 0.5) is 0 Å². The Labute approximate surface area is 128 Å². The summed E-state index contributed by atoms with van der Waals surface area (Å²) >= 11 is 0. The molecule has 0 saturated heterocycles. The molecule has 0 spiro atoms. The Balaban J connectivity index is 2.30. The summed E-state index contributed by atoms with van der Waals surface area (Å²) in [6.45, 7) is 2.64. The molecule has 0 nitrogen and oxygen atoms in total. The fourth-order valence-corrected chi connectivity index (χ4v) is 7.55. The summed E-state index contributed by atoms with van der Waals surface area (Å²) in [5, 5.41) is 4.45. The molecule has 21 heavy (non-hydrogen) atoms. The van der Waals surface area contributed by atoms with Gasteiger partial charge in [-0.3, -0.25) is 0 Å². The fourth-order valence-electron chi connectivity index (χ4n) is 3.29. The summed E-state index contributed by atoms with van der Waals surface area (Å²) in [4.78, 5) is 0. The molecule has 0 aromatic heterocycles. The van der Waals surface area contributed by atoms with Crippen LogP contribution in [0.5, 0.6) is 0 Å². The number of hydrogen-bond acceptors (Lipinski definition) is 0. The molecule has 0 radical (unpaired) electrons. The monoisotopic (exact) mass is 294 g/mol. The third kappa shape index (κ3) is 2.28. The number of allylic oxidation sites excluding steroid dienone is 4. The third-order valence-corrected chi connectivity index (χ3v) is 10.4. The Bertz CT molecular complexity index is 635. The van der Waals surface area contributed by atoms with Gasteiger partial charge in [-0.2, -0.15) is 0 Å². The van der Waals surface area contributed by atoms with Crippen molar-refractivity contribution in [1.82, 2.24) is 0 Å². The molecule has 0 heterocycles. The topological polar surface area (TPSA) is 0 Å². The Morgan fingerprint density at radius 2 is 1.24 bits per heavy atom. The second kappa shape index (κ2) is 5.28. The number of rotatable bonds is 3. The average molecular weight is 294 g/mol. The molecule has 0 fully saturated rings. The van der Waals surface area contributed by atoms with E-state index in [4.69, 9.17) is 0 Å². The molecule has 0 saturated carbocycles. The third-order valence-electron chi connectivity index (χ3n) is 4.81. The van der Waals surface area contributed by atoms with E-state index in [0.717, 1.165) is 6.42 Å². The van der Waals surface area contributed by atoms with Crippen LogP contribution in [0.25, 0.3) is 0 Å². The summed E-state index contributed by atoms with van der Waals surface area (Å²) in [7, 11) is 0. The van der Waals surface area contributed by atoms with Crippen LogP contribution in [0.15, 0.2) is 84.2 Å². The first-order chi connectivity index (χ1) is 10.1. The van der Waals surface area contributed by atoms with Gasteiger partial charge in [0.1, 0.15) is 0 Å². The number of hydrogen-bond donors (Lipinski definition) is 0. The molecule has 0 N–H and O–H groups in total. The van der Waals surface area contributed by atoms with Crippen molar-refractivity contribution >= 4 is 17.2 Å². The first-order valence-corrected chi connectivity index (χ1v) is 10.7. The Hall–Kier alpha value is -1.65. The van der Waals surface area contributed by atoms with E-state index in [0.29, 0.717) is 0 Å². The quantitative estimate of drug-likeness (QED) is 0.721. The predicted octanol–water partition coefficient (Wildman–Crippen LogP) is 4.68. The van der Waals surface area contributed by atoms with Crippen molar-refractivity contribution in [2.24, 2.45) is 0 Å². The van der Waals surface area contributed by atoms with Gasteiger partial charge in [0, 0.05) is 0 Å². The van der Waals surface area contributed by atoms with Crippen LogP contribution in [0.2, 0.25) is 0 Å². The van der Waals surface area contributed by atoms with Crippen LogP contribution in [0.1, 0.15) is 12.8 Å². The number of benzene rings is 2. The van der Waals surface area contributed by atoms with Crippen LogP contribution >= 0.6 is 6.60 Å². The van der Waals surface area contributed by atoms with Crippen molar-refractivity contribution < 1.29 is 0 Å². The molecule has 0 amide bonds. The zero-order valence-electron chi connectivity index (χ0n) is 12.9. The maximum absolute atomic E-state index is 2.48. The van der Waals surface area contributed by atoms with E-state index < -0.39 is 6.60 Å². The Kier molecular flexibility index (Phi) is 3.59. The van der Waals surface area contributed by atoms with Crippen LogP contribution < -0.4 is 10.6 Å². The molecule has 0 atom stereocenters. The minimum atomic E-state index is -2.32. The molecule has 0 aliphatic heterocycles. The average Bonchev–Trinajstić information content (AvgIpc) is 2.57. The van der Waals surface area contributed by atoms with E-state index in [9.17, 15) is 0 Å². The summed E-state index contributed by atoms with van der Waals surface area (Å²) in [5.41, 5.74) is 0. The molecule has 2 aromatic carbocycles. The molecular weight excluding hydrogens is 271 g/mol. The summed E-state index contributed by atoms with van der Waals surface area (Å²) in [6, 6.07) is 22.1. The Morgan fingerprint density at radius 1 is 0.714 bits per heavy atom. The molecule has 108 valence electrons. The van der Waals surface area contributed by atoms with Gasteiger partial charge in [0.05, 0.1) is 0 Å². The Morgan fingerprint density at radius 3 is 1.67 bits per heavy atom. The van der Waals surface area contributed by atoms with Gasteiger partial charge in [0.25, 0.3) is 0 Å². The van der Waals surface area contributed by atoms with Crippen LogP contribution in [0.3, 0.4) is 0 Å². The maximum atomic E-state index is 2.48. The van der Waals surface area contributed by atoms with Crippen molar-refractivity contribution in [1.29, 1.82) is 0 Å². The summed E-state index contributed by atoms with van der Waals surface area (Å²) in [5.74, 6) is 0. The molecule has 3 rings (SSSR count). The zero-order valence-corrected chi connectivity index (χ0v) is 13.8. The van der Waals surface area contributed by atoms with E-state index in [1.807, 2.05) is 0 Å². The van der Waals surface area contributed by atoms with Crippen molar-refractivity contribution in [2.75, 3.05) is 13.3 Å². The van der Waals surface area contributed by atoms with Gasteiger partial charge < -0.3 is 0 Å². The molecular formula is C20H23P. The van der Waals surface area contributed by atoms with Gasteiger partial charge in [0.15, 0.2) is 0 Å². The first-order valence-electron chi connectivity index (χ1n) is 7.61. The summed E-state index contributed by atoms with van der Waals surface area (Å²) < 4.78 is 0. The summed E-state index contributed by atoms with van der Waals surface area (Å²) in [6.07, 6.45) is 9.47. The van der Waals surface area contributed by atoms with E-state index in [2.05, 4.69) is 92.2 Å². The van der Waals surface area contributed by atoms with Gasteiger partial charge in [-0.1, -0.05) is 0 Å². The van der Waals surface area contributed by atoms with Gasteiger partial charge in [-0.15, -0.1) is 0 Å². The second-order valence-electron chi connectivity index (χ2n) is 6.40. The van der Waals surface area contributed by atoms with E-state index in [-0.39, 0.29) is 0 Å². The fraction of sp³-hybridized carbons (Fsp3) is 0.200. The van der Waals surface area contributed by atoms with Crippen molar-refractivity contribution in [3.05, 3.63) is 84.2 Å². The molecule has 0 unspecified atom stereocenters. The van der Waals surface area contributed by atoms with Crippen molar-refractivity contribution in [3.8, 4) is 0 Å². The first kappa shape index (κ1) is 14.3. The van der Waals surface area contributed by atoms with Crippen LogP contribution in [-0.2, 0) is 0 Å². The SMILES string of the molecule is CP(C)(C1=CCCC=C1)(c1ccccc1)c1ccccc1. The van der Waals surface area contributed by atoms with Crippen LogP contribution in [0, 0.1) is 0 Å². The molecule has 1 aliphatic rings. The molecule has 1 heteroatoms. The van der Waals surface area contributed by atoms with Crippen molar-refractivity contribution in [2.45, 2.75) is 12.8 Å². The van der Waals surface area contributed by atoms with E-state index in [1.165, 1.54) is 22.3 Å². The standard InChI is InChI=1S/C20H23P/c1-21(2,18-12-6-3-7-13-18,19-14-8-4-9-15-19)20-16-10-5-11-17-20/h3-4,6-10,12-17H,5,11H2,1-2H3. The van der Waals surface area contributed by atoms with E-state index >= 15 is 0 Å². The van der Waals surface area contributed by atoms with Gasteiger partial charge >= 0.3 is 128 Å². The normalized spacial score (nSPS) is 16.9. The van der Waals surface area contributed by atoms with Crippen LogP contribution in [-0.4, -0.2) is 13.3 Å². The molecule has 0 bridgehead atoms. The molecule has 1 aliphatic carbocycles. The minimum absolute atomic E-state index is 1.16. The van der Waals surface area contributed by atoms with Gasteiger partial charge in [-0.25, -0.2) is 0 Å². The van der Waals surface area contributed by atoms with E-state index in [1.54, 1.807) is 0 Å². The van der Waals surface area contributed by atoms with Gasteiger partial charge in [0.2, 0.25) is 0 Å². The second-order valence-corrected chi connectivity index (χ2v) is 12.2. The van der Waals surface area contributed by atoms with Gasteiger partial charge in [-0.05, 0) is 0 Å². The van der Waals surface area contributed by atoms with Crippen molar-refractivity contribution in [3.63, 3.8) is 0 Å².